The topological polar surface area (TPSA) is 38.8 Å². The first-order valence-corrected chi connectivity index (χ1v) is 9.66. The van der Waals surface area contributed by atoms with Gasteiger partial charge >= 0.3 is 5.97 Å². The third-order valence-electron chi connectivity index (χ3n) is 4.67. The van der Waals surface area contributed by atoms with Crippen LogP contribution in [0.25, 0.3) is 11.1 Å². The van der Waals surface area contributed by atoms with E-state index in [0.29, 0.717) is 11.5 Å². The second-order valence-corrected chi connectivity index (χ2v) is 7.81. The molecule has 0 bridgehead atoms. The van der Waals surface area contributed by atoms with E-state index in [2.05, 4.69) is 30.1 Å². The van der Waals surface area contributed by atoms with Gasteiger partial charge in [-0.25, -0.2) is 4.79 Å². The Morgan fingerprint density at radius 2 is 1.93 bits per heavy atom. The van der Waals surface area contributed by atoms with Crippen LogP contribution in [0.3, 0.4) is 0 Å². The number of hydrogen-bond donors (Lipinski definition) is 0. The van der Waals surface area contributed by atoms with E-state index in [0.717, 1.165) is 40.4 Å². The maximum atomic E-state index is 12.0. The quantitative estimate of drug-likeness (QED) is 0.615. The van der Waals surface area contributed by atoms with Gasteiger partial charge in [-0.3, -0.25) is 4.90 Å². The lowest BCUT2D eigenvalue weighted by atomic mass is 9.99. The summed E-state index contributed by atoms with van der Waals surface area (Å²) in [6.45, 7) is 2.15. The Labute approximate surface area is 163 Å². The lowest BCUT2D eigenvalue weighted by Gasteiger charge is -2.16. The van der Waals surface area contributed by atoms with Crippen molar-refractivity contribution in [1.82, 2.24) is 4.90 Å². The molecule has 1 aliphatic rings. The lowest BCUT2D eigenvalue weighted by Crippen LogP contribution is -2.15. The molecule has 3 aromatic rings. The predicted octanol–water partition coefficient (Wildman–Crippen LogP) is 4.73. The molecule has 0 spiro atoms. The molecule has 27 heavy (non-hydrogen) atoms. The highest BCUT2D eigenvalue weighted by Gasteiger charge is 2.25. The monoisotopic (exact) mass is 379 g/mol. The molecule has 0 atom stereocenters. The number of benzene rings is 2. The van der Waals surface area contributed by atoms with E-state index in [9.17, 15) is 4.79 Å². The summed E-state index contributed by atoms with van der Waals surface area (Å²) < 4.78 is 11.1. The van der Waals surface area contributed by atoms with E-state index in [1.807, 2.05) is 36.4 Å². The fourth-order valence-electron chi connectivity index (χ4n) is 3.42. The molecular formula is C22H21NO3S. The average Bonchev–Trinajstić information content (AvgIpc) is 3.04. The zero-order valence-electron chi connectivity index (χ0n) is 15.4. The highest BCUT2D eigenvalue weighted by molar-refractivity contribution is 7.14. The average molecular weight is 379 g/mol. The molecule has 0 unspecified atom stereocenters. The van der Waals surface area contributed by atoms with E-state index in [4.69, 9.17) is 9.47 Å². The number of rotatable bonds is 4. The first-order valence-electron chi connectivity index (χ1n) is 8.84. The molecule has 0 radical (unpaired) electrons. The first-order chi connectivity index (χ1) is 13.2. The number of ether oxygens (including phenoxy) is 2. The molecule has 0 amide bonds. The van der Waals surface area contributed by atoms with Gasteiger partial charge in [-0.1, -0.05) is 42.5 Å². The number of fused-ring (bicyclic) bond motifs is 3. The van der Waals surface area contributed by atoms with Gasteiger partial charge in [0.25, 0.3) is 0 Å². The number of carbonyl (C=O) groups excluding carboxylic acids is 1. The standard InChI is InChI=1S/C22H21NO3S/c1-23-12-16-9-6-10-18(26-14-15-7-4-3-5-8-15)21(16)17-11-19(22(24)25-2)27-20(17)13-23/h3-11H,12-14H2,1-2H3. The van der Waals surface area contributed by atoms with Crippen molar-refractivity contribution in [2.24, 2.45) is 0 Å². The van der Waals surface area contributed by atoms with Gasteiger partial charge in [0.15, 0.2) is 0 Å². The van der Waals surface area contributed by atoms with Gasteiger partial charge in [0.05, 0.1) is 7.11 Å². The molecule has 0 saturated heterocycles. The molecule has 1 aromatic heterocycles. The van der Waals surface area contributed by atoms with Crippen molar-refractivity contribution in [3.63, 3.8) is 0 Å². The van der Waals surface area contributed by atoms with Crippen LogP contribution < -0.4 is 4.74 Å². The maximum Gasteiger partial charge on any atom is 0.348 e. The van der Waals surface area contributed by atoms with Gasteiger partial charge in [-0.15, -0.1) is 11.3 Å². The smallest absolute Gasteiger partial charge is 0.348 e. The van der Waals surface area contributed by atoms with Crippen LogP contribution in [0.2, 0.25) is 0 Å². The van der Waals surface area contributed by atoms with E-state index in [1.54, 1.807) is 0 Å². The predicted molar refractivity (Wildman–Crippen MR) is 107 cm³/mol. The van der Waals surface area contributed by atoms with Gasteiger partial charge in [0.1, 0.15) is 17.2 Å². The van der Waals surface area contributed by atoms with Crippen molar-refractivity contribution in [2.75, 3.05) is 14.2 Å². The number of carbonyl (C=O) groups is 1. The van der Waals surface area contributed by atoms with Gasteiger partial charge < -0.3 is 9.47 Å². The third-order valence-corrected chi connectivity index (χ3v) is 5.77. The molecule has 0 fully saturated rings. The molecule has 5 heteroatoms. The van der Waals surface area contributed by atoms with Gasteiger partial charge in [0, 0.05) is 29.1 Å². The Balaban J connectivity index is 1.76. The van der Waals surface area contributed by atoms with Gasteiger partial charge in [-0.05, 0) is 30.3 Å². The molecule has 4 nitrogen and oxygen atoms in total. The zero-order valence-corrected chi connectivity index (χ0v) is 16.2. The summed E-state index contributed by atoms with van der Waals surface area (Å²) in [6.07, 6.45) is 0. The van der Waals surface area contributed by atoms with Gasteiger partial charge in [0.2, 0.25) is 0 Å². The SMILES string of the molecule is COC(=O)c1cc2c(s1)CN(C)Cc1cccc(OCc3ccccc3)c1-2. The summed E-state index contributed by atoms with van der Waals surface area (Å²) in [4.78, 5) is 16.1. The molecule has 0 saturated carbocycles. The summed E-state index contributed by atoms with van der Waals surface area (Å²) in [7, 11) is 3.51. The number of hydrogen-bond acceptors (Lipinski definition) is 5. The van der Waals surface area contributed by atoms with Crippen molar-refractivity contribution in [3.05, 3.63) is 75.5 Å². The van der Waals surface area contributed by atoms with Crippen LogP contribution in [-0.4, -0.2) is 25.0 Å². The summed E-state index contributed by atoms with van der Waals surface area (Å²) in [6, 6.07) is 18.3. The minimum Gasteiger partial charge on any atom is -0.488 e. The summed E-state index contributed by atoms with van der Waals surface area (Å²) in [5, 5.41) is 0. The minimum absolute atomic E-state index is 0.292. The Hall–Kier alpha value is -2.63. The maximum absolute atomic E-state index is 12.0. The van der Waals surface area contributed by atoms with Crippen LogP contribution >= 0.6 is 11.3 Å². The number of methoxy groups -OCH3 is 1. The highest BCUT2D eigenvalue weighted by Crippen LogP contribution is 2.42. The lowest BCUT2D eigenvalue weighted by molar-refractivity contribution is 0.0606. The second-order valence-electron chi connectivity index (χ2n) is 6.68. The van der Waals surface area contributed by atoms with Crippen molar-refractivity contribution >= 4 is 17.3 Å². The van der Waals surface area contributed by atoms with Crippen LogP contribution in [0, 0.1) is 0 Å². The van der Waals surface area contributed by atoms with Crippen LogP contribution in [0.1, 0.15) is 25.7 Å². The number of esters is 1. The number of nitrogens with zero attached hydrogens (tertiary/aromatic N) is 1. The molecule has 2 heterocycles. The fourth-order valence-corrected chi connectivity index (χ4v) is 4.59. The molecule has 2 aromatic carbocycles. The minimum atomic E-state index is -0.292. The van der Waals surface area contributed by atoms with Crippen molar-refractivity contribution in [3.8, 4) is 16.9 Å². The van der Waals surface area contributed by atoms with E-state index in [1.165, 1.54) is 24.0 Å². The number of thiophene rings is 1. The largest absolute Gasteiger partial charge is 0.488 e. The van der Waals surface area contributed by atoms with Crippen LogP contribution in [0.15, 0.2) is 54.6 Å². The summed E-state index contributed by atoms with van der Waals surface area (Å²) in [5.41, 5.74) is 4.49. The molecule has 138 valence electrons. The highest BCUT2D eigenvalue weighted by atomic mass is 32.1. The van der Waals surface area contributed by atoms with Crippen LogP contribution in [0.4, 0.5) is 0 Å². The molecule has 4 rings (SSSR count). The normalized spacial score (nSPS) is 13.4. The van der Waals surface area contributed by atoms with Crippen molar-refractivity contribution in [1.29, 1.82) is 0 Å². The van der Waals surface area contributed by atoms with Crippen LogP contribution in [0.5, 0.6) is 5.75 Å². The molecular weight excluding hydrogens is 358 g/mol. The molecule has 1 aliphatic heterocycles. The van der Waals surface area contributed by atoms with E-state index < -0.39 is 0 Å². The molecule has 0 N–H and O–H groups in total. The Morgan fingerprint density at radius 1 is 1.11 bits per heavy atom. The van der Waals surface area contributed by atoms with Crippen molar-refractivity contribution < 1.29 is 14.3 Å². The second kappa shape index (κ2) is 7.55. The fraction of sp³-hybridized carbons (Fsp3) is 0.227. The summed E-state index contributed by atoms with van der Waals surface area (Å²) >= 11 is 1.50. The van der Waals surface area contributed by atoms with Crippen LogP contribution in [-0.2, 0) is 24.4 Å². The van der Waals surface area contributed by atoms with Gasteiger partial charge in [-0.2, -0.15) is 0 Å². The first kappa shape index (κ1) is 17.8. The van der Waals surface area contributed by atoms with Crippen molar-refractivity contribution in [2.45, 2.75) is 19.7 Å². The zero-order chi connectivity index (χ0) is 18.8. The Kier molecular flexibility index (Phi) is 4.97. The third kappa shape index (κ3) is 3.61. The summed E-state index contributed by atoms with van der Waals surface area (Å²) in [5.74, 6) is 0.557. The van der Waals surface area contributed by atoms with E-state index in [-0.39, 0.29) is 5.97 Å². The van der Waals surface area contributed by atoms with E-state index >= 15 is 0 Å². The Morgan fingerprint density at radius 3 is 2.70 bits per heavy atom. The molecule has 0 aliphatic carbocycles. The Bertz CT molecular complexity index is 965.